The number of hydrogen-bond donors (Lipinski definition) is 0. The number of carbonyl (C=O) groups excluding carboxylic acids is 1. The number of benzene rings is 2. The fourth-order valence-corrected chi connectivity index (χ4v) is 3.82. The van der Waals surface area contributed by atoms with Crippen LogP contribution in [0.1, 0.15) is 31.7 Å². The van der Waals surface area contributed by atoms with E-state index in [0.29, 0.717) is 12.8 Å². The van der Waals surface area contributed by atoms with Crippen LogP contribution in [0.15, 0.2) is 59.5 Å². The summed E-state index contributed by atoms with van der Waals surface area (Å²) in [6, 6.07) is 15.5. The molecular formula is C19H21NO5S. The van der Waals surface area contributed by atoms with Gasteiger partial charge in [-0.2, -0.15) is 0 Å². The van der Waals surface area contributed by atoms with Gasteiger partial charge in [-0.15, -0.1) is 0 Å². The largest absolute Gasteiger partial charge is 0.461 e. The molecule has 138 valence electrons. The lowest BCUT2D eigenvalue weighted by molar-refractivity contribution is -0.387. The lowest BCUT2D eigenvalue weighted by Gasteiger charge is -2.11. The van der Waals surface area contributed by atoms with E-state index < -0.39 is 15.7 Å². The minimum absolute atomic E-state index is 0.139. The summed E-state index contributed by atoms with van der Waals surface area (Å²) in [6.07, 6.45) is 1.26. The van der Waals surface area contributed by atoms with E-state index in [4.69, 9.17) is 4.74 Å². The van der Waals surface area contributed by atoms with Crippen LogP contribution < -0.4 is 0 Å². The highest BCUT2D eigenvalue weighted by atomic mass is 32.2. The third kappa shape index (κ3) is 5.77. The van der Waals surface area contributed by atoms with Crippen LogP contribution in [0.3, 0.4) is 0 Å². The van der Waals surface area contributed by atoms with E-state index in [1.54, 1.807) is 19.1 Å². The van der Waals surface area contributed by atoms with E-state index in [2.05, 4.69) is 0 Å². The van der Waals surface area contributed by atoms with Gasteiger partial charge in [-0.1, -0.05) is 49.4 Å². The summed E-state index contributed by atoms with van der Waals surface area (Å²) in [4.78, 5) is 22.5. The summed E-state index contributed by atoms with van der Waals surface area (Å²) < 4.78 is 17.7. The molecule has 2 atom stereocenters. The number of para-hydroxylation sites is 1. The zero-order valence-corrected chi connectivity index (χ0v) is 15.3. The number of nitro benzene ring substituents is 1. The van der Waals surface area contributed by atoms with Gasteiger partial charge in [0.2, 0.25) is 0 Å². The van der Waals surface area contributed by atoms with Crippen molar-refractivity contribution < 1.29 is 18.7 Å². The highest BCUT2D eigenvalue weighted by Crippen LogP contribution is 2.25. The van der Waals surface area contributed by atoms with Crippen LogP contribution in [-0.4, -0.2) is 20.4 Å². The summed E-state index contributed by atoms with van der Waals surface area (Å²) in [6.45, 7) is 2.00. The predicted octanol–water partition coefficient (Wildman–Crippen LogP) is 4.00. The van der Waals surface area contributed by atoms with Gasteiger partial charge >= 0.3 is 5.97 Å². The first-order chi connectivity index (χ1) is 12.5. The Hall–Kier alpha value is -2.54. The summed E-state index contributed by atoms with van der Waals surface area (Å²) in [5.41, 5.74) is 0.784. The average Bonchev–Trinajstić information content (AvgIpc) is 2.66. The minimum atomic E-state index is -1.50. The number of nitrogens with zero attached hydrogens (tertiary/aromatic N) is 1. The van der Waals surface area contributed by atoms with Crippen LogP contribution in [0.2, 0.25) is 0 Å². The van der Waals surface area contributed by atoms with Crippen LogP contribution in [0, 0.1) is 10.1 Å². The van der Waals surface area contributed by atoms with E-state index >= 15 is 0 Å². The molecular weight excluding hydrogens is 354 g/mol. The fourth-order valence-electron chi connectivity index (χ4n) is 2.45. The van der Waals surface area contributed by atoms with Gasteiger partial charge in [0.1, 0.15) is 11.5 Å². The molecule has 0 aliphatic heterocycles. The zero-order valence-electron chi connectivity index (χ0n) is 14.5. The normalized spacial score (nSPS) is 13.0. The van der Waals surface area contributed by atoms with Gasteiger partial charge in [-0.25, -0.2) is 0 Å². The third-order valence-corrected chi connectivity index (χ3v) is 5.62. The molecule has 2 aromatic rings. The first-order valence-corrected chi connectivity index (χ1v) is 9.54. The molecule has 2 aromatic carbocycles. The molecule has 2 rings (SSSR count). The smallest absolute Gasteiger partial charge is 0.306 e. The molecule has 26 heavy (non-hydrogen) atoms. The first kappa shape index (κ1) is 19.8. The number of rotatable bonds is 9. The van der Waals surface area contributed by atoms with Crippen molar-refractivity contribution in [1.29, 1.82) is 0 Å². The maximum atomic E-state index is 12.5. The van der Waals surface area contributed by atoms with Gasteiger partial charge in [0, 0.05) is 17.7 Å². The topological polar surface area (TPSA) is 86.5 Å². The highest BCUT2D eigenvalue weighted by Gasteiger charge is 2.22. The van der Waals surface area contributed by atoms with Gasteiger partial charge < -0.3 is 4.74 Å². The summed E-state index contributed by atoms with van der Waals surface area (Å²) >= 11 is 0. The second-order valence-corrected chi connectivity index (χ2v) is 7.71. The Morgan fingerprint density at radius 3 is 2.50 bits per heavy atom. The second-order valence-electron chi connectivity index (χ2n) is 5.87. The van der Waals surface area contributed by atoms with Crippen molar-refractivity contribution in [1.82, 2.24) is 0 Å². The fraction of sp³-hybridized carbons (Fsp3) is 0.316. The third-order valence-electron chi connectivity index (χ3n) is 3.88. The first-order valence-electron chi connectivity index (χ1n) is 8.32. The Morgan fingerprint density at radius 2 is 1.81 bits per heavy atom. The number of hydrogen-bond acceptors (Lipinski definition) is 5. The van der Waals surface area contributed by atoms with Crippen molar-refractivity contribution in [3.8, 4) is 0 Å². The van der Waals surface area contributed by atoms with E-state index in [1.807, 2.05) is 30.3 Å². The second kappa shape index (κ2) is 9.82. The molecule has 0 aliphatic carbocycles. The number of esters is 1. The lowest BCUT2D eigenvalue weighted by atomic mass is 10.2. The molecule has 0 aliphatic rings. The average molecular weight is 375 g/mol. The molecule has 0 fully saturated rings. The highest BCUT2D eigenvalue weighted by molar-refractivity contribution is 7.85. The van der Waals surface area contributed by atoms with Gasteiger partial charge in [0.05, 0.1) is 15.7 Å². The van der Waals surface area contributed by atoms with E-state index in [-0.39, 0.29) is 34.8 Å². The zero-order chi connectivity index (χ0) is 18.9. The molecule has 0 saturated heterocycles. The van der Waals surface area contributed by atoms with Gasteiger partial charge in [-0.05, 0) is 24.5 Å². The van der Waals surface area contributed by atoms with E-state index in [1.165, 1.54) is 12.1 Å². The molecule has 0 bridgehead atoms. The van der Waals surface area contributed by atoms with Crippen molar-refractivity contribution in [3.63, 3.8) is 0 Å². The predicted molar refractivity (Wildman–Crippen MR) is 99.1 cm³/mol. The Bertz CT molecular complexity index is 779. The van der Waals surface area contributed by atoms with Gasteiger partial charge in [0.15, 0.2) is 0 Å². The van der Waals surface area contributed by atoms with Crippen LogP contribution in [0.25, 0.3) is 0 Å². The molecule has 0 amide bonds. The molecule has 6 nitrogen and oxygen atoms in total. The van der Waals surface area contributed by atoms with Crippen LogP contribution in [0.4, 0.5) is 5.69 Å². The van der Waals surface area contributed by atoms with E-state index in [0.717, 1.165) is 5.56 Å². The van der Waals surface area contributed by atoms with Crippen LogP contribution in [0.5, 0.6) is 0 Å². The number of ether oxygens (including phenoxy) is 1. The quantitative estimate of drug-likeness (QED) is 0.375. The van der Waals surface area contributed by atoms with Gasteiger partial charge in [0.25, 0.3) is 5.69 Å². The maximum Gasteiger partial charge on any atom is 0.306 e. The molecule has 7 heteroatoms. The Balaban J connectivity index is 1.79. The lowest BCUT2D eigenvalue weighted by Crippen LogP contribution is -2.13. The number of nitro groups is 1. The summed E-state index contributed by atoms with van der Waals surface area (Å²) in [5.74, 6) is -0.308. The van der Waals surface area contributed by atoms with Gasteiger partial charge in [-0.3, -0.25) is 19.1 Å². The van der Waals surface area contributed by atoms with E-state index in [9.17, 15) is 19.1 Å². The molecule has 0 heterocycles. The monoisotopic (exact) mass is 375 g/mol. The number of carbonyl (C=O) groups is 1. The Morgan fingerprint density at radius 1 is 1.15 bits per heavy atom. The van der Waals surface area contributed by atoms with Crippen LogP contribution >= 0.6 is 0 Å². The molecule has 0 radical (unpaired) electrons. The summed E-state index contributed by atoms with van der Waals surface area (Å²) in [7, 11) is -1.50. The van der Waals surface area contributed by atoms with Crippen molar-refractivity contribution in [2.24, 2.45) is 0 Å². The summed E-state index contributed by atoms with van der Waals surface area (Å²) in [5, 5.41) is 10.8. The van der Waals surface area contributed by atoms with Crippen molar-refractivity contribution >= 4 is 22.5 Å². The molecule has 0 saturated carbocycles. The molecule has 0 N–H and O–H groups in total. The molecule has 2 unspecified atom stereocenters. The molecule has 0 spiro atoms. The van der Waals surface area contributed by atoms with Crippen molar-refractivity contribution in [2.45, 2.75) is 42.9 Å². The van der Waals surface area contributed by atoms with Crippen molar-refractivity contribution in [3.05, 3.63) is 70.3 Å². The molecule has 0 aromatic heterocycles. The minimum Gasteiger partial charge on any atom is -0.461 e. The Kier molecular flexibility index (Phi) is 7.47. The standard InChI is InChI=1S/C19H21NO5S/c1-15(26(24)18-12-6-5-11-17(18)20(22)23)8-7-13-19(21)25-14-16-9-3-2-4-10-16/h2-6,9-12,15H,7-8,13-14H2,1H3. The van der Waals surface area contributed by atoms with Crippen molar-refractivity contribution in [2.75, 3.05) is 0 Å². The SMILES string of the molecule is CC(CCCC(=O)OCc1ccccc1)S(=O)c1ccccc1[N+](=O)[O-]. The van der Waals surface area contributed by atoms with Crippen LogP contribution in [-0.2, 0) is 26.9 Å². The Labute approximate surface area is 154 Å². The maximum absolute atomic E-state index is 12.5.